The fourth-order valence-corrected chi connectivity index (χ4v) is 3.99. The first kappa shape index (κ1) is 22.6. The second kappa shape index (κ2) is 8.98. The van der Waals surface area contributed by atoms with E-state index in [-0.39, 0.29) is 11.2 Å². The van der Waals surface area contributed by atoms with E-state index in [1.165, 1.54) is 5.70 Å². The molecule has 0 aliphatic heterocycles. The number of benzene rings is 1. The number of aromatic nitrogens is 2. The van der Waals surface area contributed by atoms with Gasteiger partial charge in [-0.3, -0.25) is 4.57 Å². The van der Waals surface area contributed by atoms with E-state index in [4.69, 9.17) is 12.2 Å². The molecule has 2 aromatic rings. The fraction of sp³-hybridized carbons (Fsp3) is 0.591. The Kier molecular flexibility index (Phi) is 7.82. The van der Waals surface area contributed by atoms with Gasteiger partial charge in [0.2, 0.25) is 0 Å². The lowest BCUT2D eigenvalue weighted by Crippen LogP contribution is -2.31. The molecule has 1 aromatic carbocycles. The minimum absolute atomic E-state index is 0.0364. The molecule has 0 bridgehead atoms. The minimum Gasteiger partial charge on any atom is -0.330 e. The Morgan fingerprint density at radius 3 is 2.35 bits per heavy atom. The first-order valence-electron chi connectivity index (χ1n) is 9.88. The van der Waals surface area contributed by atoms with Gasteiger partial charge in [-0.25, -0.2) is 4.39 Å². The van der Waals surface area contributed by atoms with E-state index < -0.39 is 0 Å². The lowest BCUT2D eigenvalue weighted by atomic mass is 9.70. The van der Waals surface area contributed by atoms with Gasteiger partial charge < -0.3 is 4.98 Å². The van der Waals surface area contributed by atoms with Gasteiger partial charge in [-0.1, -0.05) is 61.5 Å². The van der Waals surface area contributed by atoms with Crippen LogP contribution < -0.4 is 0 Å². The van der Waals surface area contributed by atoms with Crippen molar-refractivity contribution in [1.82, 2.24) is 9.55 Å². The highest BCUT2D eigenvalue weighted by Crippen LogP contribution is 2.51. The van der Waals surface area contributed by atoms with Crippen LogP contribution in [0.4, 0.5) is 4.39 Å². The summed E-state index contributed by atoms with van der Waals surface area (Å²) in [5.74, 6) is 0.844. The molecule has 1 aliphatic carbocycles. The molecule has 146 valence electrons. The molecular weight excluding hydrogens is 343 g/mol. The van der Waals surface area contributed by atoms with Crippen molar-refractivity contribution in [2.75, 3.05) is 0 Å². The average molecular weight is 379 g/mol. The summed E-state index contributed by atoms with van der Waals surface area (Å²) in [6.45, 7) is 18.9. The molecule has 1 aromatic heterocycles. The van der Waals surface area contributed by atoms with Gasteiger partial charge in [0.25, 0.3) is 0 Å². The van der Waals surface area contributed by atoms with Gasteiger partial charge in [0.1, 0.15) is 5.82 Å². The smallest absolute Gasteiger partial charge is 0.182 e. The quantitative estimate of drug-likeness (QED) is 0.530. The maximum absolute atomic E-state index is 14.1. The van der Waals surface area contributed by atoms with E-state index in [1.807, 2.05) is 38.3 Å². The maximum atomic E-state index is 14.1. The van der Waals surface area contributed by atoms with Gasteiger partial charge in [-0.15, -0.1) is 0 Å². The first-order chi connectivity index (χ1) is 12.3. The molecule has 0 amide bonds. The van der Waals surface area contributed by atoms with Gasteiger partial charge in [-0.2, -0.15) is 0 Å². The van der Waals surface area contributed by atoms with Crippen molar-refractivity contribution in [3.05, 3.63) is 34.4 Å². The Bertz CT molecular complexity index is 829. The number of allylic oxidation sites excluding steroid dienone is 2. The number of aryl methyl sites for hydroxylation is 1. The van der Waals surface area contributed by atoms with E-state index in [2.05, 4.69) is 38.8 Å². The zero-order valence-corrected chi connectivity index (χ0v) is 18.6. The highest BCUT2D eigenvalue weighted by atomic mass is 32.1. The third-order valence-corrected chi connectivity index (χ3v) is 5.93. The predicted molar refractivity (Wildman–Crippen MR) is 116 cm³/mol. The van der Waals surface area contributed by atoms with Crippen molar-refractivity contribution in [3.63, 3.8) is 0 Å². The van der Waals surface area contributed by atoms with Crippen molar-refractivity contribution in [3.8, 4) is 0 Å². The van der Waals surface area contributed by atoms with Gasteiger partial charge in [0.15, 0.2) is 4.77 Å². The van der Waals surface area contributed by atoms with Crippen LogP contribution in [0.2, 0.25) is 0 Å². The minimum atomic E-state index is -0.187. The number of aromatic amines is 1. The molecule has 0 radical (unpaired) electrons. The number of nitrogens with one attached hydrogen (secondary N) is 1. The molecule has 4 heteroatoms. The second-order valence-electron chi connectivity index (χ2n) is 7.05. The molecule has 1 N–H and O–H groups in total. The molecule has 2 atom stereocenters. The van der Waals surface area contributed by atoms with Gasteiger partial charge in [0.05, 0.1) is 11.0 Å². The monoisotopic (exact) mass is 378 g/mol. The SMILES string of the molecule is CC.CC.Cc1cc2[nH]c(=S)n(C3=CCC(C)C3(C)C(C)C)c2cc1F. The molecule has 0 saturated carbocycles. The van der Waals surface area contributed by atoms with Crippen LogP contribution in [0.3, 0.4) is 0 Å². The average Bonchev–Trinajstić information content (AvgIpc) is 3.09. The number of H-pyrrole nitrogens is 1. The standard InChI is InChI=1S/C18H23FN2S.2C2H6/c1-10(2)18(5)12(4)6-7-16(18)21-15-9-13(19)11(3)8-14(15)20-17(21)22;2*1-2/h7-10,12H,6H2,1-5H3,(H,20,22);2*1-2H3. The molecule has 2 nitrogen and oxygen atoms in total. The van der Waals surface area contributed by atoms with E-state index in [9.17, 15) is 4.39 Å². The normalized spacial score (nSPS) is 21.8. The lowest BCUT2D eigenvalue weighted by Gasteiger charge is -2.37. The number of hydrogen-bond acceptors (Lipinski definition) is 1. The first-order valence-corrected chi connectivity index (χ1v) is 10.3. The van der Waals surface area contributed by atoms with Crippen molar-refractivity contribution >= 4 is 28.9 Å². The molecule has 0 fully saturated rings. The zero-order valence-electron chi connectivity index (χ0n) is 17.8. The molecule has 1 aliphatic rings. The predicted octanol–water partition coefficient (Wildman–Crippen LogP) is 7.74. The summed E-state index contributed by atoms with van der Waals surface area (Å²) in [7, 11) is 0. The number of nitrogens with zero attached hydrogens (tertiary/aromatic N) is 1. The van der Waals surface area contributed by atoms with Crippen LogP contribution in [0.25, 0.3) is 16.7 Å². The topological polar surface area (TPSA) is 20.7 Å². The van der Waals surface area contributed by atoms with E-state index in [1.54, 1.807) is 13.0 Å². The summed E-state index contributed by atoms with van der Waals surface area (Å²) in [4.78, 5) is 3.23. The number of halogens is 1. The summed E-state index contributed by atoms with van der Waals surface area (Å²) in [5.41, 5.74) is 3.61. The van der Waals surface area contributed by atoms with Gasteiger partial charge >= 0.3 is 0 Å². The van der Waals surface area contributed by atoms with Crippen LogP contribution in [0, 0.1) is 34.8 Å². The lowest BCUT2D eigenvalue weighted by molar-refractivity contribution is 0.215. The molecular formula is C22H35FN2S. The highest BCUT2D eigenvalue weighted by molar-refractivity contribution is 7.71. The maximum Gasteiger partial charge on any atom is 0.182 e. The Hall–Kier alpha value is -1.42. The summed E-state index contributed by atoms with van der Waals surface area (Å²) >= 11 is 5.55. The Morgan fingerprint density at radius 2 is 1.81 bits per heavy atom. The van der Waals surface area contributed by atoms with Crippen LogP contribution in [-0.2, 0) is 0 Å². The fourth-order valence-electron chi connectivity index (χ4n) is 3.68. The Balaban J connectivity index is 0.000000791. The van der Waals surface area contributed by atoms with Crippen LogP contribution >= 0.6 is 12.2 Å². The number of rotatable bonds is 2. The number of hydrogen-bond donors (Lipinski definition) is 1. The van der Waals surface area contributed by atoms with E-state index >= 15 is 0 Å². The molecule has 3 rings (SSSR count). The summed E-state index contributed by atoms with van der Waals surface area (Å²) in [6.07, 6.45) is 3.30. The van der Waals surface area contributed by atoms with E-state index in [0.29, 0.717) is 22.2 Å². The third-order valence-electron chi connectivity index (χ3n) is 5.64. The number of fused-ring (bicyclic) bond motifs is 1. The summed E-state index contributed by atoms with van der Waals surface area (Å²) in [5, 5.41) is 0. The van der Waals surface area contributed by atoms with Crippen molar-refractivity contribution < 1.29 is 4.39 Å². The second-order valence-corrected chi connectivity index (χ2v) is 7.43. The van der Waals surface area contributed by atoms with Gasteiger partial charge in [0, 0.05) is 17.2 Å². The van der Waals surface area contributed by atoms with E-state index in [0.717, 1.165) is 17.5 Å². The Morgan fingerprint density at radius 1 is 1.23 bits per heavy atom. The Labute approximate surface area is 163 Å². The molecule has 0 spiro atoms. The number of imidazole rings is 1. The van der Waals surface area contributed by atoms with Crippen LogP contribution in [0.5, 0.6) is 0 Å². The molecule has 0 saturated heterocycles. The van der Waals surface area contributed by atoms with Crippen LogP contribution in [-0.4, -0.2) is 9.55 Å². The summed E-state index contributed by atoms with van der Waals surface area (Å²) in [6, 6.07) is 3.43. The van der Waals surface area contributed by atoms with Crippen LogP contribution in [0.1, 0.15) is 67.4 Å². The van der Waals surface area contributed by atoms with Crippen molar-refractivity contribution in [1.29, 1.82) is 0 Å². The molecule has 26 heavy (non-hydrogen) atoms. The van der Waals surface area contributed by atoms with Gasteiger partial charge in [-0.05, 0) is 49.0 Å². The largest absolute Gasteiger partial charge is 0.330 e. The zero-order chi connectivity index (χ0) is 20.2. The third kappa shape index (κ3) is 3.66. The highest BCUT2D eigenvalue weighted by Gasteiger charge is 2.42. The van der Waals surface area contributed by atoms with Crippen LogP contribution in [0.15, 0.2) is 18.2 Å². The molecule has 1 heterocycles. The molecule has 2 unspecified atom stereocenters. The van der Waals surface area contributed by atoms with Crippen molar-refractivity contribution in [2.45, 2.75) is 68.7 Å². The summed E-state index contributed by atoms with van der Waals surface area (Å²) < 4.78 is 16.8. The van der Waals surface area contributed by atoms with Crippen molar-refractivity contribution in [2.24, 2.45) is 17.3 Å².